The molecule has 2 aromatic heterocycles. The Morgan fingerprint density at radius 2 is 2.28 bits per heavy atom. The third-order valence-electron chi connectivity index (χ3n) is 2.54. The minimum Gasteiger partial charge on any atom is -0.456 e. The van der Waals surface area contributed by atoms with E-state index in [0.29, 0.717) is 15.9 Å². The van der Waals surface area contributed by atoms with Gasteiger partial charge >= 0.3 is 0 Å². The van der Waals surface area contributed by atoms with Crippen molar-refractivity contribution in [3.63, 3.8) is 0 Å². The molecule has 2 rings (SSSR count). The van der Waals surface area contributed by atoms with Gasteiger partial charge in [-0.15, -0.1) is 0 Å². The Bertz CT molecular complexity index is 572. The number of hydrogen-bond donors (Lipinski definition) is 1. The predicted octanol–water partition coefficient (Wildman–Crippen LogP) is 2.51. The van der Waals surface area contributed by atoms with Gasteiger partial charge < -0.3 is 10.2 Å². The van der Waals surface area contributed by atoms with Gasteiger partial charge in [-0.05, 0) is 41.9 Å². The molecule has 0 bridgehead atoms. The Morgan fingerprint density at radius 3 is 2.83 bits per heavy atom. The third kappa shape index (κ3) is 2.26. The van der Waals surface area contributed by atoms with Crippen LogP contribution in [0.25, 0.3) is 0 Å². The molecule has 2 N–H and O–H groups in total. The zero-order chi connectivity index (χ0) is 13.3. The number of aromatic nitrogens is 2. The van der Waals surface area contributed by atoms with Gasteiger partial charge in [0.1, 0.15) is 11.5 Å². The molecule has 0 spiro atoms. The van der Waals surface area contributed by atoms with E-state index in [1.807, 2.05) is 13.8 Å². The van der Waals surface area contributed by atoms with Crippen molar-refractivity contribution in [2.75, 3.05) is 0 Å². The van der Waals surface area contributed by atoms with Crippen LogP contribution in [0.3, 0.4) is 0 Å². The first-order chi connectivity index (χ1) is 8.54. The molecule has 0 radical (unpaired) electrons. The number of ketones is 1. The average molecular weight is 312 g/mol. The molecule has 0 atom stereocenters. The van der Waals surface area contributed by atoms with Gasteiger partial charge in [-0.25, -0.2) is 0 Å². The fraction of sp³-hybridized carbons (Fsp3) is 0.333. The molecule has 0 aliphatic heterocycles. The zero-order valence-corrected chi connectivity index (χ0v) is 11.8. The second kappa shape index (κ2) is 5.07. The summed E-state index contributed by atoms with van der Waals surface area (Å²) in [6, 6.07) is 3.44. The summed E-state index contributed by atoms with van der Waals surface area (Å²) >= 11 is 3.34. The molecule has 0 unspecified atom stereocenters. The lowest BCUT2D eigenvalue weighted by molar-refractivity contribution is 0.0994. The quantitative estimate of drug-likeness (QED) is 0.880. The van der Waals surface area contributed by atoms with Gasteiger partial charge in [0.15, 0.2) is 5.76 Å². The highest BCUT2D eigenvalue weighted by Crippen LogP contribution is 2.23. The summed E-state index contributed by atoms with van der Waals surface area (Å²) < 4.78 is 7.69. The number of nitrogens with two attached hydrogens (primary N) is 1. The summed E-state index contributed by atoms with van der Waals surface area (Å²) in [5, 5.41) is 4.17. The zero-order valence-electron chi connectivity index (χ0n) is 10.2. The Morgan fingerprint density at radius 1 is 1.56 bits per heavy atom. The van der Waals surface area contributed by atoms with E-state index in [2.05, 4.69) is 21.0 Å². The molecule has 5 nitrogen and oxygen atoms in total. The highest BCUT2D eigenvalue weighted by molar-refractivity contribution is 9.10. The van der Waals surface area contributed by atoms with E-state index >= 15 is 0 Å². The largest absolute Gasteiger partial charge is 0.456 e. The molecule has 0 saturated heterocycles. The van der Waals surface area contributed by atoms with Crippen LogP contribution in [-0.4, -0.2) is 15.6 Å². The summed E-state index contributed by atoms with van der Waals surface area (Å²) in [4.78, 5) is 12.4. The van der Waals surface area contributed by atoms with Crippen molar-refractivity contribution in [1.82, 2.24) is 9.78 Å². The monoisotopic (exact) mass is 311 g/mol. The minimum absolute atomic E-state index is 0.0965. The van der Waals surface area contributed by atoms with Crippen LogP contribution in [0.5, 0.6) is 0 Å². The summed E-state index contributed by atoms with van der Waals surface area (Å²) in [6.45, 7) is 4.20. The van der Waals surface area contributed by atoms with Crippen LogP contribution in [0, 0.1) is 0 Å². The maximum Gasteiger partial charge on any atom is 0.247 e. The average Bonchev–Trinajstić information content (AvgIpc) is 2.94. The highest BCUT2D eigenvalue weighted by Gasteiger charge is 2.22. The Labute approximate surface area is 113 Å². The first kappa shape index (κ1) is 13.0. The van der Waals surface area contributed by atoms with Crippen LogP contribution < -0.4 is 5.73 Å². The fourth-order valence-corrected chi connectivity index (χ4v) is 2.12. The number of nitrogens with zero attached hydrogens (tertiary/aromatic N) is 2. The van der Waals surface area contributed by atoms with Crippen molar-refractivity contribution in [2.24, 2.45) is 5.73 Å². The normalized spacial score (nSPS) is 11.2. The second-order valence-corrected chi connectivity index (χ2v) is 5.03. The summed E-state index contributed by atoms with van der Waals surface area (Å²) in [5.41, 5.74) is 5.95. The summed E-state index contributed by atoms with van der Waals surface area (Å²) in [7, 11) is 0. The van der Waals surface area contributed by atoms with Crippen molar-refractivity contribution in [3.8, 4) is 0 Å². The van der Waals surface area contributed by atoms with Crippen molar-refractivity contribution >= 4 is 21.7 Å². The van der Waals surface area contributed by atoms with E-state index in [4.69, 9.17) is 10.2 Å². The lowest BCUT2D eigenvalue weighted by atomic mass is 10.2. The predicted molar refractivity (Wildman–Crippen MR) is 70.3 cm³/mol. The molecule has 18 heavy (non-hydrogen) atoms. The fourth-order valence-electron chi connectivity index (χ4n) is 1.67. The highest BCUT2D eigenvalue weighted by atomic mass is 79.9. The number of halogens is 1. The topological polar surface area (TPSA) is 74.0 Å². The van der Waals surface area contributed by atoms with Gasteiger partial charge in [0, 0.05) is 6.04 Å². The molecule has 6 heteroatoms. The molecule has 96 valence electrons. The number of rotatable bonds is 4. The molecular formula is C12H14BrN3O2. The van der Waals surface area contributed by atoms with Gasteiger partial charge in [0.05, 0.1) is 17.2 Å². The van der Waals surface area contributed by atoms with Crippen molar-refractivity contribution in [3.05, 3.63) is 40.0 Å². The van der Waals surface area contributed by atoms with E-state index in [9.17, 15) is 4.79 Å². The number of carbonyl (C=O) groups is 1. The summed E-state index contributed by atoms with van der Waals surface area (Å²) in [5.74, 6) is 0.663. The lowest BCUT2D eigenvalue weighted by Gasteiger charge is -2.09. The van der Waals surface area contributed by atoms with E-state index in [1.54, 1.807) is 23.0 Å². The van der Waals surface area contributed by atoms with Crippen LogP contribution in [0.2, 0.25) is 0 Å². The molecule has 0 amide bonds. The van der Waals surface area contributed by atoms with E-state index in [-0.39, 0.29) is 24.1 Å². The summed E-state index contributed by atoms with van der Waals surface area (Å²) in [6.07, 6.45) is 1.61. The molecule has 0 aliphatic rings. The molecule has 2 aromatic rings. The molecule has 0 saturated carbocycles. The second-order valence-electron chi connectivity index (χ2n) is 4.18. The first-order valence-corrected chi connectivity index (χ1v) is 6.40. The lowest BCUT2D eigenvalue weighted by Crippen LogP contribution is -2.13. The smallest absolute Gasteiger partial charge is 0.247 e. The minimum atomic E-state index is -0.201. The van der Waals surface area contributed by atoms with Gasteiger partial charge in [0.2, 0.25) is 5.78 Å². The Kier molecular flexibility index (Phi) is 3.68. The Hall–Kier alpha value is -1.40. The molecule has 0 aliphatic carbocycles. The van der Waals surface area contributed by atoms with Gasteiger partial charge in [-0.2, -0.15) is 5.10 Å². The van der Waals surface area contributed by atoms with Crippen LogP contribution in [0.4, 0.5) is 0 Å². The molecular weight excluding hydrogens is 298 g/mol. The van der Waals surface area contributed by atoms with Crippen LogP contribution in [0.1, 0.15) is 41.9 Å². The maximum absolute atomic E-state index is 12.4. The third-order valence-corrected chi connectivity index (χ3v) is 3.12. The maximum atomic E-state index is 12.4. The molecule has 0 fully saturated rings. The number of furan rings is 1. The van der Waals surface area contributed by atoms with Crippen LogP contribution in [-0.2, 0) is 6.54 Å². The first-order valence-electron chi connectivity index (χ1n) is 5.61. The van der Waals surface area contributed by atoms with Gasteiger partial charge in [-0.1, -0.05) is 0 Å². The molecule has 2 heterocycles. The van der Waals surface area contributed by atoms with E-state index < -0.39 is 0 Å². The number of hydrogen-bond acceptors (Lipinski definition) is 4. The van der Waals surface area contributed by atoms with Crippen molar-refractivity contribution < 1.29 is 9.21 Å². The van der Waals surface area contributed by atoms with Crippen LogP contribution >= 0.6 is 15.9 Å². The number of carbonyl (C=O) groups excluding carboxylic acids is 1. The SMILES string of the molecule is CC(C)n1ncc(Br)c1C(=O)c1ccc(CN)o1. The van der Waals surface area contributed by atoms with E-state index in [0.717, 1.165) is 0 Å². The van der Waals surface area contributed by atoms with Gasteiger partial charge in [0.25, 0.3) is 0 Å². The van der Waals surface area contributed by atoms with Crippen LogP contribution in [0.15, 0.2) is 27.2 Å². The van der Waals surface area contributed by atoms with E-state index in [1.165, 1.54) is 0 Å². The van der Waals surface area contributed by atoms with Crippen molar-refractivity contribution in [1.29, 1.82) is 0 Å². The Balaban J connectivity index is 2.42. The van der Waals surface area contributed by atoms with Crippen molar-refractivity contribution in [2.45, 2.75) is 26.4 Å². The van der Waals surface area contributed by atoms with Gasteiger partial charge in [-0.3, -0.25) is 9.48 Å². The standard InChI is InChI=1S/C12H14BrN3O2/c1-7(2)16-11(9(13)6-15-16)12(17)10-4-3-8(5-14)18-10/h3-4,6-7H,5,14H2,1-2H3. The molecule has 0 aromatic carbocycles.